The highest BCUT2D eigenvalue weighted by molar-refractivity contribution is 7.96. The third-order valence-corrected chi connectivity index (χ3v) is 6.72. The van der Waals surface area contributed by atoms with E-state index in [2.05, 4.69) is 66.9 Å². The van der Waals surface area contributed by atoms with Crippen molar-refractivity contribution >= 4 is 28.8 Å². The van der Waals surface area contributed by atoms with Crippen molar-refractivity contribution in [1.29, 1.82) is 0 Å². The van der Waals surface area contributed by atoms with E-state index < -0.39 is 0 Å². The summed E-state index contributed by atoms with van der Waals surface area (Å²) < 4.78 is 7.63. The molecule has 0 saturated carbocycles. The average molecular weight is 468 g/mol. The van der Waals surface area contributed by atoms with E-state index in [9.17, 15) is 0 Å². The lowest BCUT2D eigenvalue weighted by atomic mass is 10.1. The number of pyridine rings is 1. The molecular formula is C24H33N7OS. The minimum Gasteiger partial charge on any atom is -0.382 e. The van der Waals surface area contributed by atoms with Gasteiger partial charge in [0, 0.05) is 63.8 Å². The van der Waals surface area contributed by atoms with Crippen LogP contribution in [0.5, 0.6) is 0 Å². The first kappa shape index (κ1) is 23.8. The summed E-state index contributed by atoms with van der Waals surface area (Å²) in [6.07, 6.45) is 5.88. The Labute approximate surface area is 200 Å². The third kappa shape index (κ3) is 6.61. The van der Waals surface area contributed by atoms with Crippen molar-refractivity contribution in [3.63, 3.8) is 0 Å². The number of nitrogens with one attached hydrogen (secondary N) is 1. The average Bonchev–Trinajstić information content (AvgIpc) is 2.86. The van der Waals surface area contributed by atoms with Crippen LogP contribution in [0.2, 0.25) is 0 Å². The van der Waals surface area contributed by atoms with Crippen LogP contribution in [-0.4, -0.2) is 82.4 Å². The van der Waals surface area contributed by atoms with Crippen LogP contribution in [0.15, 0.2) is 42.7 Å². The highest BCUT2D eigenvalue weighted by atomic mass is 32.2. The Morgan fingerprint density at radius 1 is 1.12 bits per heavy atom. The van der Waals surface area contributed by atoms with Crippen LogP contribution in [0.4, 0.5) is 5.82 Å². The molecule has 3 aromatic rings. The Morgan fingerprint density at radius 2 is 1.88 bits per heavy atom. The number of hydrogen-bond donors (Lipinski definition) is 2. The summed E-state index contributed by atoms with van der Waals surface area (Å²) in [6.45, 7) is 10.5. The number of rotatable bonds is 4. The van der Waals surface area contributed by atoms with Crippen LogP contribution in [0, 0.1) is 0 Å². The zero-order valence-electron chi connectivity index (χ0n) is 19.4. The number of nitrogen functional groups attached to an aromatic ring is 1. The van der Waals surface area contributed by atoms with Gasteiger partial charge in [-0.3, -0.25) is 9.88 Å². The first-order valence-electron chi connectivity index (χ1n) is 11.4. The van der Waals surface area contributed by atoms with Gasteiger partial charge in [-0.1, -0.05) is 36.2 Å². The minimum absolute atomic E-state index is 0.418. The normalized spacial score (nSPS) is 19.8. The van der Waals surface area contributed by atoms with E-state index in [-0.39, 0.29) is 0 Å². The van der Waals surface area contributed by atoms with Gasteiger partial charge in [0.05, 0.1) is 23.9 Å². The largest absolute Gasteiger partial charge is 0.382 e. The standard InChI is InChI=1S/C19H22N6S.C5H11NO/c1-26-25-10-8-24(9-11-25)13-14-2-4-15(5-3-14)16-12-17-18(19(20)23-16)22-7-6-21-17;1-5-4-6-2-3-7-5/h2-7,12H,8-11,13H2,1H3,(H2,20,23);5-6H,2-4H2,1H3/t;5-/m.1/s1. The highest BCUT2D eigenvalue weighted by Gasteiger charge is 2.16. The van der Waals surface area contributed by atoms with Gasteiger partial charge in [-0.2, -0.15) is 0 Å². The van der Waals surface area contributed by atoms with Gasteiger partial charge in [-0.25, -0.2) is 14.3 Å². The lowest BCUT2D eigenvalue weighted by Gasteiger charge is -2.33. The maximum absolute atomic E-state index is 6.04. The van der Waals surface area contributed by atoms with Crippen LogP contribution in [0.3, 0.4) is 0 Å². The predicted molar refractivity (Wildman–Crippen MR) is 136 cm³/mol. The molecule has 0 radical (unpaired) electrons. The lowest BCUT2D eigenvalue weighted by Crippen LogP contribution is -2.42. The van der Waals surface area contributed by atoms with Crippen molar-refractivity contribution in [2.75, 3.05) is 57.9 Å². The summed E-state index contributed by atoms with van der Waals surface area (Å²) in [5, 5.41) is 3.21. The van der Waals surface area contributed by atoms with Crippen LogP contribution < -0.4 is 11.1 Å². The Hall–Kier alpha value is -2.30. The fraction of sp³-hybridized carbons (Fsp3) is 0.458. The zero-order valence-corrected chi connectivity index (χ0v) is 20.2. The van der Waals surface area contributed by atoms with E-state index in [4.69, 9.17) is 10.5 Å². The molecule has 3 N–H and O–H groups in total. The van der Waals surface area contributed by atoms with Crippen molar-refractivity contribution in [2.24, 2.45) is 0 Å². The van der Waals surface area contributed by atoms with Crippen molar-refractivity contribution in [1.82, 2.24) is 29.5 Å². The molecule has 0 unspecified atom stereocenters. The second kappa shape index (κ2) is 11.7. The number of nitrogens with zero attached hydrogens (tertiary/aromatic N) is 5. The van der Waals surface area contributed by atoms with Gasteiger partial charge < -0.3 is 15.8 Å². The Morgan fingerprint density at radius 3 is 2.52 bits per heavy atom. The summed E-state index contributed by atoms with van der Waals surface area (Å²) in [6, 6.07) is 10.5. The zero-order chi connectivity index (χ0) is 23.0. The fourth-order valence-corrected chi connectivity index (χ4v) is 4.48. The second-order valence-corrected chi connectivity index (χ2v) is 9.17. The number of fused-ring (bicyclic) bond motifs is 1. The van der Waals surface area contributed by atoms with E-state index in [0.717, 1.165) is 69.2 Å². The summed E-state index contributed by atoms with van der Waals surface area (Å²) >= 11 is 1.84. The molecule has 4 heterocycles. The molecule has 2 saturated heterocycles. The molecule has 1 aromatic carbocycles. The van der Waals surface area contributed by atoms with Crippen molar-refractivity contribution in [3.8, 4) is 11.3 Å². The molecule has 2 aromatic heterocycles. The van der Waals surface area contributed by atoms with Crippen molar-refractivity contribution in [2.45, 2.75) is 19.6 Å². The smallest absolute Gasteiger partial charge is 0.152 e. The SMILES string of the molecule is CSN1CCN(Cc2ccc(-c3cc4nccnc4c(N)n3)cc2)CC1.C[C@@H]1CNCCO1. The molecule has 9 heteroatoms. The van der Waals surface area contributed by atoms with Crippen LogP contribution in [0.1, 0.15) is 12.5 Å². The summed E-state index contributed by atoms with van der Waals surface area (Å²) in [5.41, 5.74) is 10.7. The van der Waals surface area contributed by atoms with Gasteiger partial charge in [0.2, 0.25) is 0 Å². The van der Waals surface area contributed by atoms with Crippen LogP contribution in [-0.2, 0) is 11.3 Å². The number of aromatic nitrogens is 3. The molecule has 33 heavy (non-hydrogen) atoms. The van der Waals surface area contributed by atoms with Crippen LogP contribution >= 0.6 is 11.9 Å². The summed E-state index contributed by atoms with van der Waals surface area (Å²) in [7, 11) is 0. The molecule has 2 fully saturated rings. The number of nitrogens with two attached hydrogens (primary N) is 1. The first-order valence-corrected chi connectivity index (χ1v) is 12.6. The summed E-state index contributed by atoms with van der Waals surface area (Å²) in [5.74, 6) is 0.418. The number of benzene rings is 1. The molecule has 0 amide bonds. The number of morpholine rings is 1. The Bertz CT molecular complexity index is 1020. The Balaban J connectivity index is 0.000000318. The number of anilines is 1. The molecule has 0 spiro atoms. The lowest BCUT2D eigenvalue weighted by molar-refractivity contribution is 0.0410. The third-order valence-electron chi connectivity index (χ3n) is 5.84. The van der Waals surface area contributed by atoms with E-state index in [1.807, 2.05) is 18.0 Å². The number of ether oxygens (including phenoxy) is 1. The van der Waals surface area contributed by atoms with E-state index in [0.29, 0.717) is 17.4 Å². The Kier molecular flexibility index (Phi) is 8.46. The van der Waals surface area contributed by atoms with E-state index in [1.165, 1.54) is 5.56 Å². The molecule has 8 nitrogen and oxygen atoms in total. The predicted octanol–water partition coefficient (Wildman–Crippen LogP) is 2.66. The first-order chi connectivity index (χ1) is 16.1. The van der Waals surface area contributed by atoms with Crippen LogP contribution in [0.25, 0.3) is 22.3 Å². The highest BCUT2D eigenvalue weighted by Crippen LogP contribution is 2.24. The molecule has 5 rings (SSSR count). The summed E-state index contributed by atoms with van der Waals surface area (Å²) in [4.78, 5) is 15.6. The maximum atomic E-state index is 6.04. The van der Waals surface area contributed by atoms with Gasteiger partial charge >= 0.3 is 0 Å². The van der Waals surface area contributed by atoms with Gasteiger partial charge in [-0.05, 0) is 24.8 Å². The van der Waals surface area contributed by atoms with Crippen molar-refractivity contribution in [3.05, 3.63) is 48.3 Å². The number of piperazine rings is 1. The minimum atomic E-state index is 0.418. The molecule has 1 atom stereocenters. The molecular weight excluding hydrogens is 434 g/mol. The van der Waals surface area contributed by atoms with Gasteiger partial charge in [0.1, 0.15) is 5.52 Å². The monoisotopic (exact) mass is 467 g/mol. The molecule has 176 valence electrons. The fourth-order valence-electron chi connectivity index (χ4n) is 3.95. The molecule has 2 aliphatic heterocycles. The topological polar surface area (TPSA) is 92.4 Å². The van der Waals surface area contributed by atoms with Gasteiger partial charge in [-0.15, -0.1) is 0 Å². The molecule has 0 aliphatic carbocycles. The van der Waals surface area contributed by atoms with Crippen molar-refractivity contribution < 1.29 is 4.74 Å². The van der Waals surface area contributed by atoms with Gasteiger partial charge in [0.25, 0.3) is 0 Å². The molecule has 0 bridgehead atoms. The van der Waals surface area contributed by atoms with E-state index in [1.54, 1.807) is 12.4 Å². The quantitative estimate of drug-likeness (QED) is 0.562. The maximum Gasteiger partial charge on any atom is 0.152 e. The van der Waals surface area contributed by atoms with Gasteiger partial charge in [0.15, 0.2) is 5.82 Å². The number of hydrogen-bond acceptors (Lipinski definition) is 9. The molecule has 2 aliphatic rings. The van der Waals surface area contributed by atoms with E-state index >= 15 is 0 Å². The second-order valence-electron chi connectivity index (χ2n) is 8.29.